The van der Waals surface area contributed by atoms with Crippen molar-refractivity contribution < 1.29 is 9.90 Å². The van der Waals surface area contributed by atoms with E-state index >= 15 is 0 Å². The SMILES string of the molecule is Nc1ccc(-c2nnnn2Cc2ccc(C(=O)CO)cc2)cc1. The van der Waals surface area contributed by atoms with Gasteiger partial charge in [-0.1, -0.05) is 24.3 Å². The maximum Gasteiger partial charge on any atom is 0.188 e. The maximum atomic E-state index is 11.4. The highest BCUT2D eigenvalue weighted by Gasteiger charge is 2.10. The molecule has 0 fully saturated rings. The highest BCUT2D eigenvalue weighted by atomic mass is 16.3. The Balaban J connectivity index is 1.83. The highest BCUT2D eigenvalue weighted by Crippen LogP contribution is 2.18. The average molecular weight is 309 g/mol. The molecule has 1 aromatic heterocycles. The number of rotatable bonds is 5. The monoisotopic (exact) mass is 309 g/mol. The molecule has 0 aliphatic rings. The molecule has 3 aromatic rings. The Bertz CT molecular complexity index is 809. The molecule has 3 rings (SSSR count). The van der Waals surface area contributed by atoms with E-state index in [1.165, 1.54) is 0 Å². The van der Waals surface area contributed by atoms with Crippen LogP contribution in [0.3, 0.4) is 0 Å². The zero-order valence-electron chi connectivity index (χ0n) is 12.3. The molecule has 0 unspecified atom stereocenters. The van der Waals surface area contributed by atoms with Gasteiger partial charge in [0.1, 0.15) is 6.61 Å². The number of tetrazole rings is 1. The molecule has 7 nitrogen and oxygen atoms in total. The Hall–Kier alpha value is -3.06. The lowest BCUT2D eigenvalue weighted by molar-refractivity contribution is 0.0903. The number of nitrogens with two attached hydrogens (primary N) is 1. The largest absolute Gasteiger partial charge is 0.399 e. The van der Waals surface area contributed by atoms with Crippen molar-refractivity contribution in [3.63, 3.8) is 0 Å². The van der Waals surface area contributed by atoms with Gasteiger partial charge in [-0.25, -0.2) is 4.68 Å². The minimum Gasteiger partial charge on any atom is -0.399 e. The second-order valence-corrected chi connectivity index (χ2v) is 5.06. The number of nitrogen functional groups attached to an aromatic ring is 1. The molecule has 1 heterocycles. The molecule has 0 amide bonds. The molecule has 3 N–H and O–H groups in total. The number of anilines is 1. The van der Waals surface area contributed by atoms with Gasteiger partial charge in [-0.05, 0) is 40.3 Å². The number of hydrogen-bond acceptors (Lipinski definition) is 6. The van der Waals surface area contributed by atoms with Crippen LogP contribution in [0.2, 0.25) is 0 Å². The molecule has 23 heavy (non-hydrogen) atoms. The Morgan fingerprint density at radius 1 is 1.09 bits per heavy atom. The standard InChI is InChI=1S/C16H15N5O2/c17-14-7-5-13(6-8-14)16-18-19-20-21(16)9-11-1-3-12(4-2-11)15(23)10-22/h1-8,22H,9-10,17H2. The number of Topliss-reactive ketones (excluding diaryl/α,β-unsaturated/α-hetero) is 1. The zero-order chi connectivity index (χ0) is 16.2. The number of ketones is 1. The number of carbonyl (C=O) groups is 1. The van der Waals surface area contributed by atoms with E-state index in [1.807, 2.05) is 24.3 Å². The van der Waals surface area contributed by atoms with E-state index in [4.69, 9.17) is 10.8 Å². The van der Waals surface area contributed by atoms with Crippen LogP contribution in [0.1, 0.15) is 15.9 Å². The van der Waals surface area contributed by atoms with Crippen LogP contribution in [0, 0.1) is 0 Å². The summed E-state index contributed by atoms with van der Waals surface area (Å²) in [5, 5.41) is 20.6. The molecule has 116 valence electrons. The molecule has 2 aromatic carbocycles. The summed E-state index contributed by atoms with van der Waals surface area (Å²) in [7, 11) is 0. The quantitative estimate of drug-likeness (QED) is 0.541. The van der Waals surface area contributed by atoms with Crippen LogP contribution in [-0.4, -0.2) is 37.7 Å². The van der Waals surface area contributed by atoms with Crippen molar-refractivity contribution in [3.8, 4) is 11.4 Å². The third kappa shape index (κ3) is 3.24. The second kappa shape index (κ2) is 6.37. The number of aliphatic hydroxyl groups is 1. The number of aliphatic hydroxyl groups excluding tert-OH is 1. The fraction of sp³-hybridized carbons (Fsp3) is 0.125. The normalized spacial score (nSPS) is 10.7. The average Bonchev–Trinajstić information content (AvgIpc) is 3.03. The Labute approximate surface area is 132 Å². The Morgan fingerprint density at radius 2 is 1.78 bits per heavy atom. The molecule has 7 heteroatoms. The van der Waals surface area contributed by atoms with Crippen molar-refractivity contribution >= 4 is 11.5 Å². The van der Waals surface area contributed by atoms with E-state index in [-0.39, 0.29) is 5.78 Å². The van der Waals surface area contributed by atoms with E-state index in [0.717, 1.165) is 11.1 Å². The molecule has 0 saturated heterocycles. The first-order valence-corrected chi connectivity index (χ1v) is 7.02. The summed E-state index contributed by atoms with van der Waals surface area (Å²) in [6.07, 6.45) is 0. The maximum absolute atomic E-state index is 11.4. The van der Waals surface area contributed by atoms with Crippen LogP contribution in [0.15, 0.2) is 48.5 Å². The van der Waals surface area contributed by atoms with E-state index in [1.54, 1.807) is 28.9 Å². The summed E-state index contributed by atoms with van der Waals surface area (Å²) in [5.41, 5.74) is 8.66. The third-order valence-electron chi connectivity index (χ3n) is 3.45. The summed E-state index contributed by atoms with van der Waals surface area (Å²) in [6.45, 7) is -0.0199. The number of nitrogens with zero attached hydrogens (tertiary/aromatic N) is 4. The van der Waals surface area contributed by atoms with Crippen LogP contribution in [0.5, 0.6) is 0 Å². The predicted octanol–water partition coefficient (Wildman–Crippen LogP) is 1.15. The topological polar surface area (TPSA) is 107 Å². The van der Waals surface area contributed by atoms with E-state index in [9.17, 15) is 4.79 Å². The van der Waals surface area contributed by atoms with Crippen LogP contribution in [0.4, 0.5) is 5.69 Å². The fourth-order valence-corrected chi connectivity index (χ4v) is 2.21. The van der Waals surface area contributed by atoms with E-state index in [0.29, 0.717) is 23.6 Å². The first-order valence-electron chi connectivity index (χ1n) is 7.02. The lowest BCUT2D eigenvalue weighted by atomic mass is 10.1. The van der Waals surface area contributed by atoms with Crippen LogP contribution >= 0.6 is 0 Å². The molecule has 0 atom stereocenters. The molecular weight excluding hydrogens is 294 g/mol. The van der Waals surface area contributed by atoms with E-state index in [2.05, 4.69) is 15.5 Å². The summed E-state index contributed by atoms with van der Waals surface area (Å²) in [5.74, 6) is 0.335. The molecule has 0 saturated carbocycles. The first-order chi connectivity index (χ1) is 11.2. The number of hydrogen-bond donors (Lipinski definition) is 2. The van der Waals surface area contributed by atoms with Gasteiger partial charge < -0.3 is 10.8 Å². The van der Waals surface area contributed by atoms with Gasteiger partial charge in [-0.3, -0.25) is 4.79 Å². The van der Waals surface area contributed by atoms with Crippen molar-refractivity contribution in [3.05, 3.63) is 59.7 Å². The van der Waals surface area contributed by atoms with Gasteiger partial charge in [0.2, 0.25) is 0 Å². The van der Waals surface area contributed by atoms with Crippen molar-refractivity contribution in [2.45, 2.75) is 6.54 Å². The van der Waals surface area contributed by atoms with Crippen molar-refractivity contribution in [1.29, 1.82) is 0 Å². The minimum absolute atomic E-state index is 0.304. The van der Waals surface area contributed by atoms with Crippen molar-refractivity contribution in [2.24, 2.45) is 0 Å². The molecule has 0 aliphatic heterocycles. The van der Waals surface area contributed by atoms with Crippen LogP contribution in [0.25, 0.3) is 11.4 Å². The molecule has 0 spiro atoms. The summed E-state index contributed by atoms with van der Waals surface area (Å²) < 4.78 is 1.67. The lowest BCUT2D eigenvalue weighted by Gasteiger charge is -2.06. The summed E-state index contributed by atoms with van der Waals surface area (Å²) in [4.78, 5) is 11.4. The van der Waals surface area contributed by atoms with Gasteiger partial charge in [-0.15, -0.1) is 5.10 Å². The van der Waals surface area contributed by atoms with Crippen molar-refractivity contribution in [1.82, 2.24) is 20.2 Å². The second-order valence-electron chi connectivity index (χ2n) is 5.06. The summed E-state index contributed by atoms with van der Waals surface area (Å²) >= 11 is 0. The van der Waals surface area contributed by atoms with Gasteiger partial charge >= 0.3 is 0 Å². The van der Waals surface area contributed by atoms with E-state index < -0.39 is 6.61 Å². The van der Waals surface area contributed by atoms with Crippen LogP contribution in [-0.2, 0) is 6.54 Å². The van der Waals surface area contributed by atoms with Gasteiger partial charge in [0.25, 0.3) is 0 Å². The van der Waals surface area contributed by atoms with Crippen LogP contribution < -0.4 is 5.73 Å². The Kier molecular flexibility index (Phi) is 4.11. The lowest BCUT2D eigenvalue weighted by Crippen LogP contribution is -2.06. The molecule has 0 aliphatic carbocycles. The summed E-state index contributed by atoms with van der Waals surface area (Å²) in [6, 6.07) is 14.3. The van der Waals surface area contributed by atoms with Gasteiger partial charge in [-0.2, -0.15) is 0 Å². The molecule has 0 radical (unpaired) electrons. The van der Waals surface area contributed by atoms with Crippen molar-refractivity contribution in [2.75, 3.05) is 12.3 Å². The number of benzene rings is 2. The fourth-order valence-electron chi connectivity index (χ4n) is 2.21. The first kappa shape index (κ1) is 14.9. The zero-order valence-corrected chi connectivity index (χ0v) is 12.3. The van der Waals surface area contributed by atoms with Gasteiger partial charge in [0, 0.05) is 16.8 Å². The number of carbonyl (C=O) groups excluding carboxylic acids is 1. The third-order valence-corrected chi connectivity index (χ3v) is 3.45. The molecular formula is C16H15N5O2. The Morgan fingerprint density at radius 3 is 2.43 bits per heavy atom. The predicted molar refractivity (Wildman–Crippen MR) is 84.6 cm³/mol. The highest BCUT2D eigenvalue weighted by molar-refractivity contribution is 5.96. The smallest absolute Gasteiger partial charge is 0.188 e. The van der Waals surface area contributed by atoms with Gasteiger partial charge in [0.05, 0.1) is 6.54 Å². The van der Waals surface area contributed by atoms with Gasteiger partial charge in [0.15, 0.2) is 11.6 Å². The number of aromatic nitrogens is 4. The minimum atomic E-state index is -0.492. The molecule has 0 bridgehead atoms.